The molecule has 0 aliphatic carbocycles. The van der Waals surface area contributed by atoms with Crippen molar-refractivity contribution in [1.29, 1.82) is 0 Å². The van der Waals surface area contributed by atoms with Gasteiger partial charge >= 0.3 is 0 Å². The van der Waals surface area contributed by atoms with E-state index in [1.54, 1.807) is 53.9 Å². The second-order valence-electron chi connectivity index (χ2n) is 7.88. The van der Waals surface area contributed by atoms with Crippen LogP contribution in [0.15, 0.2) is 53.4 Å². The zero-order valence-corrected chi connectivity index (χ0v) is 17.9. The van der Waals surface area contributed by atoms with Crippen LogP contribution in [0.1, 0.15) is 36.2 Å². The predicted molar refractivity (Wildman–Crippen MR) is 113 cm³/mol. The van der Waals surface area contributed by atoms with Crippen LogP contribution in [0.2, 0.25) is 0 Å². The highest BCUT2D eigenvalue weighted by atomic mass is 32.2. The molecule has 2 aromatic rings. The van der Waals surface area contributed by atoms with Crippen LogP contribution in [0, 0.1) is 11.8 Å². The van der Waals surface area contributed by atoms with E-state index in [0.29, 0.717) is 42.8 Å². The van der Waals surface area contributed by atoms with Gasteiger partial charge in [0.25, 0.3) is 5.91 Å². The molecule has 29 heavy (non-hydrogen) atoms. The topological polar surface area (TPSA) is 75.7 Å². The average molecular weight is 417 g/mol. The van der Waals surface area contributed by atoms with Crippen molar-refractivity contribution in [3.8, 4) is 0 Å². The molecule has 0 radical (unpaired) electrons. The molecular weight excluding hydrogens is 388 g/mol. The van der Waals surface area contributed by atoms with Crippen LogP contribution in [-0.4, -0.2) is 38.8 Å². The maximum atomic E-state index is 13.0. The third-order valence-electron chi connectivity index (χ3n) is 5.09. The van der Waals surface area contributed by atoms with Crippen molar-refractivity contribution in [2.24, 2.45) is 11.8 Å². The van der Waals surface area contributed by atoms with E-state index in [9.17, 15) is 13.2 Å². The predicted octanol–water partition coefficient (Wildman–Crippen LogP) is 3.75. The van der Waals surface area contributed by atoms with Gasteiger partial charge in [-0.05, 0) is 60.2 Å². The summed E-state index contributed by atoms with van der Waals surface area (Å²) in [7, 11) is -1.93. The Bertz CT molecular complexity index is 947. The number of nitrogens with one attached hydrogen (secondary N) is 1. The Morgan fingerprint density at radius 3 is 2.38 bits per heavy atom. The summed E-state index contributed by atoms with van der Waals surface area (Å²) < 4.78 is 32.6. The maximum absolute atomic E-state index is 13.0. The number of carbonyl (C=O) groups is 1. The van der Waals surface area contributed by atoms with Gasteiger partial charge in [0.1, 0.15) is 0 Å². The minimum atomic E-state index is -3.53. The van der Waals surface area contributed by atoms with Crippen LogP contribution in [-0.2, 0) is 21.4 Å². The van der Waals surface area contributed by atoms with Gasteiger partial charge in [0.05, 0.1) is 11.5 Å². The summed E-state index contributed by atoms with van der Waals surface area (Å²) in [4.78, 5) is 12.7. The minimum Gasteiger partial charge on any atom is -0.380 e. The van der Waals surface area contributed by atoms with E-state index in [4.69, 9.17) is 4.74 Å². The summed E-state index contributed by atoms with van der Waals surface area (Å²) in [6, 6.07) is 13.6. The normalized spacial score (nSPS) is 20.4. The fourth-order valence-electron chi connectivity index (χ4n) is 3.83. The lowest BCUT2D eigenvalue weighted by Gasteiger charge is -2.34. The summed E-state index contributed by atoms with van der Waals surface area (Å²) in [5.41, 5.74) is 1.98. The van der Waals surface area contributed by atoms with Gasteiger partial charge in [0.15, 0.2) is 0 Å². The lowest BCUT2D eigenvalue weighted by atomic mass is 9.94. The number of nitrogens with zero attached hydrogens (tertiary/aromatic N) is 1. The first-order valence-electron chi connectivity index (χ1n) is 9.79. The lowest BCUT2D eigenvalue weighted by molar-refractivity contribution is 0.102. The number of rotatable bonds is 6. The molecule has 1 aliphatic heterocycles. The summed E-state index contributed by atoms with van der Waals surface area (Å²) in [6.07, 6.45) is 1.04. The van der Waals surface area contributed by atoms with Crippen molar-refractivity contribution in [3.63, 3.8) is 0 Å². The summed E-state index contributed by atoms with van der Waals surface area (Å²) in [6.45, 7) is 5.68. The van der Waals surface area contributed by atoms with Gasteiger partial charge in [-0.15, -0.1) is 0 Å². The molecule has 2 aromatic carbocycles. The molecule has 3 rings (SSSR count). The fraction of sp³-hybridized carbons (Fsp3) is 0.409. The number of hydrogen-bond donors (Lipinski definition) is 1. The molecule has 156 valence electrons. The zero-order valence-electron chi connectivity index (χ0n) is 17.1. The van der Waals surface area contributed by atoms with Crippen molar-refractivity contribution < 1.29 is 17.9 Å². The highest BCUT2D eigenvalue weighted by Gasteiger charge is 2.31. The number of methoxy groups -OCH3 is 1. The molecule has 1 aliphatic rings. The zero-order chi connectivity index (χ0) is 21.0. The Kier molecular flexibility index (Phi) is 6.72. The smallest absolute Gasteiger partial charge is 0.255 e. The molecule has 1 heterocycles. The summed E-state index contributed by atoms with van der Waals surface area (Å²) >= 11 is 0. The Balaban J connectivity index is 1.71. The van der Waals surface area contributed by atoms with Crippen LogP contribution >= 0.6 is 0 Å². The Hall–Kier alpha value is -2.22. The van der Waals surface area contributed by atoms with Gasteiger partial charge in [-0.25, -0.2) is 8.42 Å². The second-order valence-corrected chi connectivity index (χ2v) is 9.82. The number of amides is 1. The average Bonchev–Trinajstić information content (AvgIpc) is 2.68. The Morgan fingerprint density at radius 2 is 1.76 bits per heavy atom. The van der Waals surface area contributed by atoms with E-state index in [0.717, 1.165) is 12.0 Å². The molecule has 0 bridgehead atoms. The molecule has 1 saturated heterocycles. The molecule has 1 amide bonds. The molecule has 0 saturated carbocycles. The minimum absolute atomic E-state index is 0.249. The summed E-state index contributed by atoms with van der Waals surface area (Å²) in [5, 5.41) is 2.81. The van der Waals surface area contributed by atoms with Crippen molar-refractivity contribution in [2.75, 3.05) is 25.5 Å². The molecule has 2 atom stereocenters. The third-order valence-corrected chi connectivity index (χ3v) is 6.93. The van der Waals surface area contributed by atoms with Crippen LogP contribution in [0.3, 0.4) is 0 Å². The number of anilines is 1. The first kappa shape index (κ1) is 21.5. The SMILES string of the molecule is COCc1cccc(C(=O)Nc2ccc(S(=O)(=O)N3C[C@@H](C)C[C@H](C)C3)cc2)c1. The molecule has 1 fully saturated rings. The van der Waals surface area contributed by atoms with Crippen LogP contribution in [0.5, 0.6) is 0 Å². The molecule has 1 N–H and O–H groups in total. The molecular formula is C22H28N2O4S. The van der Waals surface area contributed by atoms with Gasteiger partial charge in [0, 0.05) is 31.5 Å². The third kappa shape index (κ3) is 5.23. The number of sulfonamides is 1. The number of carbonyl (C=O) groups excluding carboxylic acids is 1. The first-order valence-corrected chi connectivity index (χ1v) is 11.2. The highest BCUT2D eigenvalue weighted by Crippen LogP contribution is 2.27. The molecule has 0 spiro atoms. The monoisotopic (exact) mass is 416 g/mol. The van der Waals surface area contributed by atoms with E-state index < -0.39 is 10.0 Å². The van der Waals surface area contributed by atoms with Crippen LogP contribution < -0.4 is 5.32 Å². The Morgan fingerprint density at radius 1 is 1.10 bits per heavy atom. The van der Waals surface area contributed by atoms with E-state index in [1.165, 1.54) is 0 Å². The van der Waals surface area contributed by atoms with Gasteiger partial charge in [-0.1, -0.05) is 26.0 Å². The number of hydrogen-bond acceptors (Lipinski definition) is 4. The van der Waals surface area contributed by atoms with Crippen molar-refractivity contribution in [3.05, 3.63) is 59.7 Å². The van der Waals surface area contributed by atoms with E-state index in [1.807, 2.05) is 6.07 Å². The number of piperidine rings is 1. The fourth-order valence-corrected chi connectivity index (χ4v) is 5.51. The quantitative estimate of drug-likeness (QED) is 0.778. The standard InChI is InChI=1S/C22H28N2O4S/c1-16-11-17(2)14-24(13-16)29(26,27)21-9-7-20(8-10-21)23-22(25)19-6-4-5-18(12-19)15-28-3/h4-10,12,16-17H,11,13-15H2,1-3H3,(H,23,25)/t16-,17-/m0/s1. The number of ether oxygens (including phenoxy) is 1. The van der Waals surface area contributed by atoms with Crippen LogP contribution in [0.25, 0.3) is 0 Å². The molecule has 0 unspecified atom stereocenters. The van der Waals surface area contributed by atoms with Gasteiger partial charge in [0.2, 0.25) is 10.0 Å². The molecule has 0 aromatic heterocycles. The van der Waals surface area contributed by atoms with Crippen molar-refractivity contribution in [2.45, 2.75) is 31.8 Å². The van der Waals surface area contributed by atoms with Crippen molar-refractivity contribution in [1.82, 2.24) is 4.31 Å². The van der Waals surface area contributed by atoms with Crippen LogP contribution in [0.4, 0.5) is 5.69 Å². The van der Waals surface area contributed by atoms with Gasteiger partial charge in [-0.3, -0.25) is 4.79 Å². The summed E-state index contributed by atoms with van der Waals surface area (Å²) in [5.74, 6) is 0.444. The first-order chi connectivity index (χ1) is 13.8. The van der Waals surface area contributed by atoms with Crippen molar-refractivity contribution >= 4 is 21.6 Å². The molecule has 7 heteroatoms. The maximum Gasteiger partial charge on any atom is 0.255 e. The Labute approximate surface area is 172 Å². The largest absolute Gasteiger partial charge is 0.380 e. The number of benzene rings is 2. The van der Waals surface area contributed by atoms with E-state index in [2.05, 4.69) is 19.2 Å². The van der Waals surface area contributed by atoms with E-state index in [-0.39, 0.29) is 10.8 Å². The highest BCUT2D eigenvalue weighted by molar-refractivity contribution is 7.89. The second kappa shape index (κ2) is 9.07. The van der Waals surface area contributed by atoms with E-state index >= 15 is 0 Å². The van der Waals surface area contributed by atoms with Gasteiger partial charge < -0.3 is 10.1 Å². The lowest BCUT2D eigenvalue weighted by Crippen LogP contribution is -2.42. The van der Waals surface area contributed by atoms with Gasteiger partial charge in [-0.2, -0.15) is 4.31 Å². The molecule has 6 nitrogen and oxygen atoms in total.